The molecule has 0 bridgehead atoms. The number of benzene rings is 2. The molecule has 0 amide bonds. The average Bonchev–Trinajstić information content (AvgIpc) is 2.49. The summed E-state index contributed by atoms with van der Waals surface area (Å²) in [7, 11) is 0. The Kier molecular flexibility index (Phi) is 5.75. The standard InChI is InChI=1S/C14H14O3S2/c15-13(11-7-3-1-4-8-11)18-17-19-14(16)12-9-5-2-6-10-12/h1-10,13-16H. The van der Waals surface area contributed by atoms with E-state index in [0.29, 0.717) is 0 Å². The third kappa shape index (κ3) is 4.56. The lowest BCUT2D eigenvalue weighted by Crippen LogP contribution is -1.94. The van der Waals surface area contributed by atoms with Crippen LogP contribution in [0.15, 0.2) is 60.7 Å². The van der Waals surface area contributed by atoms with E-state index in [1.54, 1.807) is 0 Å². The van der Waals surface area contributed by atoms with E-state index in [9.17, 15) is 10.2 Å². The molecule has 0 aromatic heterocycles. The molecule has 0 fully saturated rings. The second-order valence-electron chi connectivity index (χ2n) is 3.79. The van der Waals surface area contributed by atoms with E-state index < -0.39 is 10.9 Å². The molecule has 0 aliphatic carbocycles. The predicted octanol–water partition coefficient (Wildman–Crippen LogP) is 3.68. The molecular formula is C14H14O3S2. The number of hydrogen-bond acceptors (Lipinski definition) is 5. The SMILES string of the molecule is OC(SOSC(O)c1ccccc1)c1ccccc1. The van der Waals surface area contributed by atoms with Gasteiger partial charge in [-0.3, -0.25) is 0 Å². The maximum atomic E-state index is 9.85. The molecule has 0 radical (unpaired) electrons. The summed E-state index contributed by atoms with van der Waals surface area (Å²) >= 11 is 1.82. The zero-order valence-corrected chi connectivity index (χ0v) is 11.7. The zero-order valence-electron chi connectivity index (χ0n) is 10.0. The molecule has 3 nitrogen and oxygen atoms in total. The Bertz CT molecular complexity index is 433. The number of aliphatic hydroxyl groups excluding tert-OH is 2. The van der Waals surface area contributed by atoms with Crippen molar-refractivity contribution >= 4 is 24.1 Å². The lowest BCUT2D eigenvalue weighted by molar-refractivity contribution is 0.257. The number of aliphatic hydroxyl groups is 2. The van der Waals surface area contributed by atoms with Crippen LogP contribution < -0.4 is 0 Å². The van der Waals surface area contributed by atoms with Gasteiger partial charge in [0.05, 0.1) is 0 Å². The van der Waals surface area contributed by atoms with Crippen molar-refractivity contribution in [1.82, 2.24) is 0 Å². The molecule has 2 aromatic carbocycles. The molecule has 100 valence electrons. The molecule has 5 heteroatoms. The minimum absolute atomic E-state index is 0.766. The van der Waals surface area contributed by atoms with Crippen LogP contribution >= 0.6 is 24.1 Å². The van der Waals surface area contributed by atoms with Gasteiger partial charge in [0.2, 0.25) is 0 Å². The quantitative estimate of drug-likeness (QED) is 0.628. The molecule has 0 aliphatic rings. The van der Waals surface area contributed by atoms with Crippen LogP contribution in [-0.2, 0) is 3.63 Å². The van der Waals surface area contributed by atoms with Crippen molar-refractivity contribution in [2.24, 2.45) is 0 Å². The summed E-state index contributed by atoms with van der Waals surface area (Å²) < 4.78 is 5.20. The van der Waals surface area contributed by atoms with Crippen molar-refractivity contribution in [3.8, 4) is 0 Å². The molecule has 2 atom stereocenters. The van der Waals surface area contributed by atoms with Crippen molar-refractivity contribution in [3.63, 3.8) is 0 Å². The van der Waals surface area contributed by atoms with Crippen LogP contribution in [0.3, 0.4) is 0 Å². The minimum Gasteiger partial charge on any atom is -0.376 e. The second-order valence-corrected chi connectivity index (χ2v) is 5.61. The maximum Gasteiger partial charge on any atom is 0.151 e. The van der Waals surface area contributed by atoms with Crippen LogP contribution in [0.2, 0.25) is 0 Å². The topological polar surface area (TPSA) is 49.7 Å². The maximum absolute atomic E-state index is 9.85. The Balaban J connectivity index is 1.78. The Morgan fingerprint density at radius 3 is 1.42 bits per heavy atom. The third-order valence-corrected chi connectivity index (χ3v) is 3.97. The average molecular weight is 294 g/mol. The van der Waals surface area contributed by atoms with Gasteiger partial charge in [-0.25, -0.2) is 3.63 Å². The first-order chi connectivity index (χ1) is 9.27. The molecule has 0 saturated carbocycles. The summed E-state index contributed by atoms with van der Waals surface area (Å²) in [6.45, 7) is 0. The molecular weight excluding hydrogens is 280 g/mol. The largest absolute Gasteiger partial charge is 0.376 e. The van der Waals surface area contributed by atoms with Crippen LogP contribution in [0, 0.1) is 0 Å². The van der Waals surface area contributed by atoms with Crippen LogP contribution in [0.4, 0.5) is 0 Å². The van der Waals surface area contributed by atoms with Gasteiger partial charge in [0.25, 0.3) is 0 Å². The second kappa shape index (κ2) is 7.57. The van der Waals surface area contributed by atoms with E-state index in [0.717, 1.165) is 35.2 Å². The van der Waals surface area contributed by atoms with Crippen LogP contribution in [0.1, 0.15) is 22.0 Å². The summed E-state index contributed by atoms with van der Waals surface area (Å²) in [6, 6.07) is 18.5. The van der Waals surface area contributed by atoms with Gasteiger partial charge in [0.15, 0.2) is 10.9 Å². The van der Waals surface area contributed by atoms with Gasteiger partial charge < -0.3 is 10.2 Å². The van der Waals surface area contributed by atoms with Gasteiger partial charge in [0.1, 0.15) is 0 Å². The van der Waals surface area contributed by atoms with Crippen LogP contribution in [0.25, 0.3) is 0 Å². The van der Waals surface area contributed by atoms with E-state index in [1.165, 1.54) is 0 Å². The molecule has 2 N–H and O–H groups in total. The van der Waals surface area contributed by atoms with Crippen molar-refractivity contribution in [2.45, 2.75) is 10.9 Å². The Hall–Kier alpha value is -0.980. The van der Waals surface area contributed by atoms with Gasteiger partial charge in [-0.05, 0) is 11.1 Å². The first-order valence-electron chi connectivity index (χ1n) is 5.72. The van der Waals surface area contributed by atoms with Crippen LogP contribution in [0.5, 0.6) is 0 Å². The summed E-state index contributed by atoms with van der Waals surface area (Å²) in [6.07, 6.45) is 0. The molecule has 2 aromatic rings. The van der Waals surface area contributed by atoms with E-state index >= 15 is 0 Å². The fourth-order valence-electron chi connectivity index (χ4n) is 1.44. The number of rotatable bonds is 6. The summed E-state index contributed by atoms with van der Waals surface area (Å²) in [5.41, 5.74) is -0.00190. The van der Waals surface area contributed by atoms with Crippen molar-refractivity contribution in [3.05, 3.63) is 71.8 Å². The first-order valence-corrected chi connectivity index (χ1v) is 7.33. The van der Waals surface area contributed by atoms with Gasteiger partial charge in [-0.15, -0.1) is 0 Å². The highest BCUT2D eigenvalue weighted by Crippen LogP contribution is 2.35. The Morgan fingerprint density at radius 1 is 0.684 bits per heavy atom. The monoisotopic (exact) mass is 294 g/mol. The van der Waals surface area contributed by atoms with Crippen molar-refractivity contribution in [1.29, 1.82) is 0 Å². The zero-order chi connectivity index (χ0) is 13.5. The first kappa shape index (κ1) is 14.4. The van der Waals surface area contributed by atoms with E-state index in [-0.39, 0.29) is 0 Å². The third-order valence-electron chi connectivity index (χ3n) is 2.43. The molecule has 19 heavy (non-hydrogen) atoms. The van der Waals surface area contributed by atoms with E-state index in [2.05, 4.69) is 0 Å². The molecule has 2 unspecified atom stereocenters. The molecule has 0 spiro atoms. The normalized spacial score (nSPS) is 14.0. The van der Waals surface area contributed by atoms with Crippen LogP contribution in [-0.4, -0.2) is 10.2 Å². The highest BCUT2D eigenvalue weighted by atomic mass is 32.2. The predicted molar refractivity (Wildman–Crippen MR) is 79.1 cm³/mol. The molecule has 0 heterocycles. The fraction of sp³-hybridized carbons (Fsp3) is 0.143. The highest BCUT2D eigenvalue weighted by Gasteiger charge is 2.12. The molecule has 0 aliphatic heterocycles. The summed E-state index contributed by atoms with van der Waals surface area (Å²) in [5.74, 6) is 0. The number of hydrogen-bond donors (Lipinski definition) is 2. The minimum atomic E-state index is -0.767. The molecule has 2 rings (SSSR count). The van der Waals surface area contributed by atoms with Gasteiger partial charge in [-0.1, -0.05) is 60.7 Å². The Labute approximate surface area is 121 Å². The highest BCUT2D eigenvalue weighted by molar-refractivity contribution is 8.07. The van der Waals surface area contributed by atoms with E-state index in [4.69, 9.17) is 3.63 Å². The fourth-order valence-corrected chi connectivity index (χ4v) is 2.76. The van der Waals surface area contributed by atoms with E-state index in [1.807, 2.05) is 60.7 Å². The van der Waals surface area contributed by atoms with Gasteiger partial charge >= 0.3 is 0 Å². The lowest BCUT2D eigenvalue weighted by Gasteiger charge is -2.12. The smallest absolute Gasteiger partial charge is 0.151 e. The summed E-state index contributed by atoms with van der Waals surface area (Å²) in [4.78, 5) is 0. The van der Waals surface area contributed by atoms with Gasteiger partial charge in [-0.2, -0.15) is 0 Å². The van der Waals surface area contributed by atoms with Crippen molar-refractivity contribution in [2.75, 3.05) is 0 Å². The summed E-state index contributed by atoms with van der Waals surface area (Å²) in [5, 5.41) is 19.7. The lowest BCUT2D eigenvalue weighted by atomic mass is 10.2. The Morgan fingerprint density at radius 2 is 1.05 bits per heavy atom. The van der Waals surface area contributed by atoms with Gasteiger partial charge in [0, 0.05) is 24.1 Å². The van der Waals surface area contributed by atoms with Crippen molar-refractivity contribution < 1.29 is 13.8 Å². The molecule has 0 saturated heterocycles.